The van der Waals surface area contributed by atoms with Crippen molar-refractivity contribution < 1.29 is 14.3 Å². The summed E-state index contributed by atoms with van der Waals surface area (Å²) in [5, 5.41) is 10.0. The van der Waals surface area contributed by atoms with Crippen LogP contribution in [0, 0.1) is 12.7 Å². The number of aliphatic hydroxyl groups is 1. The van der Waals surface area contributed by atoms with Crippen LogP contribution in [-0.4, -0.2) is 40.6 Å². The van der Waals surface area contributed by atoms with Crippen LogP contribution < -0.4 is 0 Å². The molecule has 0 aliphatic carbocycles. The molecular formula is C16H19FN2O2S. The average Bonchev–Trinajstić information content (AvgIpc) is 2.86. The van der Waals surface area contributed by atoms with E-state index in [0.29, 0.717) is 28.5 Å². The van der Waals surface area contributed by atoms with Crippen LogP contribution >= 0.6 is 11.3 Å². The van der Waals surface area contributed by atoms with Crippen molar-refractivity contribution in [3.05, 3.63) is 40.7 Å². The summed E-state index contributed by atoms with van der Waals surface area (Å²) in [6.07, 6.45) is 0.0952. The Labute approximate surface area is 133 Å². The minimum Gasteiger partial charge on any atom is -0.393 e. The molecule has 2 aromatic rings. The van der Waals surface area contributed by atoms with Crippen LogP contribution in [0.2, 0.25) is 0 Å². The van der Waals surface area contributed by atoms with E-state index < -0.39 is 6.10 Å². The van der Waals surface area contributed by atoms with E-state index >= 15 is 0 Å². The second-order valence-electron chi connectivity index (χ2n) is 5.30. The third-order valence-corrected chi connectivity index (χ3v) is 4.51. The minimum atomic E-state index is -0.437. The lowest BCUT2D eigenvalue weighted by Crippen LogP contribution is -2.29. The summed E-state index contributed by atoms with van der Waals surface area (Å²) < 4.78 is 13.0. The van der Waals surface area contributed by atoms with Gasteiger partial charge in [0.25, 0.3) is 5.91 Å². The van der Waals surface area contributed by atoms with Gasteiger partial charge in [0.15, 0.2) is 0 Å². The van der Waals surface area contributed by atoms with Gasteiger partial charge in [-0.1, -0.05) is 0 Å². The van der Waals surface area contributed by atoms with Crippen molar-refractivity contribution in [1.82, 2.24) is 9.88 Å². The molecule has 1 unspecified atom stereocenters. The molecule has 1 heterocycles. The molecule has 0 spiro atoms. The molecule has 0 aliphatic heterocycles. The fraction of sp³-hybridized carbons (Fsp3) is 0.375. The monoisotopic (exact) mass is 322 g/mol. The largest absolute Gasteiger partial charge is 0.393 e. The van der Waals surface area contributed by atoms with Crippen molar-refractivity contribution in [3.63, 3.8) is 0 Å². The maximum atomic E-state index is 13.0. The SMILES string of the molecule is Cc1nc(-c2ccc(F)cc2)sc1C(=O)N(C)CCC(C)O. The summed E-state index contributed by atoms with van der Waals surface area (Å²) in [4.78, 5) is 19.0. The zero-order valence-electron chi connectivity index (χ0n) is 12.8. The number of benzene rings is 1. The summed E-state index contributed by atoms with van der Waals surface area (Å²) in [6, 6.07) is 6.06. The summed E-state index contributed by atoms with van der Waals surface area (Å²) in [5.74, 6) is -0.407. The fourth-order valence-corrected chi connectivity index (χ4v) is 3.03. The van der Waals surface area contributed by atoms with Gasteiger partial charge in [0.05, 0.1) is 11.8 Å². The van der Waals surface area contributed by atoms with Gasteiger partial charge in [0.1, 0.15) is 15.7 Å². The molecule has 4 nitrogen and oxygen atoms in total. The highest BCUT2D eigenvalue weighted by Crippen LogP contribution is 2.28. The zero-order chi connectivity index (χ0) is 16.3. The van der Waals surface area contributed by atoms with Crippen molar-refractivity contribution in [1.29, 1.82) is 0 Å². The second kappa shape index (κ2) is 6.98. The van der Waals surface area contributed by atoms with Crippen molar-refractivity contribution in [3.8, 4) is 10.6 Å². The van der Waals surface area contributed by atoms with Crippen LogP contribution in [-0.2, 0) is 0 Å². The van der Waals surface area contributed by atoms with E-state index in [2.05, 4.69) is 4.98 Å². The Balaban J connectivity index is 2.18. The predicted molar refractivity (Wildman–Crippen MR) is 85.5 cm³/mol. The normalized spacial score (nSPS) is 12.2. The Hall–Kier alpha value is -1.79. The molecule has 1 amide bonds. The first-order valence-corrected chi connectivity index (χ1v) is 7.87. The third kappa shape index (κ3) is 3.90. The van der Waals surface area contributed by atoms with Crippen molar-refractivity contribution in [2.45, 2.75) is 26.4 Å². The van der Waals surface area contributed by atoms with E-state index in [1.54, 1.807) is 37.9 Å². The molecule has 1 atom stereocenters. The number of aryl methyl sites for hydroxylation is 1. The standard InChI is InChI=1S/C16H19FN2O2S/c1-10(20)8-9-19(3)16(21)14-11(2)18-15(22-14)12-4-6-13(17)7-5-12/h4-7,10,20H,8-9H2,1-3H3. The Bertz CT molecular complexity index is 653. The molecule has 1 N–H and O–H groups in total. The average molecular weight is 322 g/mol. The molecule has 22 heavy (non-hydrogen) atoms. The van der Waals surface area contributed by atoms with E-state index in [0.717, 1.165) is 5.56 Å². The molecule has 0 aliphatic rings. The number of aromatic nitrogens is 1. The lowest BCUT2D eigenvalue weighted by molar-refractivity contribution is 0.0772. The summed E-state index contributed by atoms with van der Waals surface area (Å²) >= 11 is 1.30. The van der Waals surface area contributed by atoms with Crippen molar-refractivity contribution in [2.75, 3.05) is 13.6 Å². The van der Waals surface area contributed by atoms with Gasteiger partial charge in [-0.05, 0) is 44.5 Å². The minimum absolute atomic E-state index is 0.107. The number of hydrogen-bond acceptors (Lipinski definition) is 4. The van der Waals surface area contributed by atoms with E-state index in [9.17, 15) is 14.3 Å². The Morgan fingerprint density at radius 2 is 2.05 bits per heavy atom. The Morgan fingerprint density at radius 1 is 1.41 bits per heavy atom. The molecular weight excluding hydrogens is 303 g/mol. The third-order valence-electron chi connectivity index (χ3n) is 3.31. The van der Waals surface area contributed by atoms with E-state index in [-0.39, 0.29) is 11.7 Å². The lowest BCUT2D eigenvalue weighted by Gasteiger charge is -2.17. The van der Waals surface area contributed by atoms with Gasteiger partial charge < -0.3 is 10.0 Å². The van der Waals surface area contributed by atoms with Crippen LogP contribution in [0.4, 0.5) is 4.39 Å². The zero-order valence-corrected chi connectivity index (χ0v) is 13.7. The number of thiazole rings is 1. The smallest absolute Gasteiger partial charge is 0.265 e. The number of amides is 1. The van der Waals surface area contributed by atoms with Gasteiger partial charge in [-0.15, -0.1) is 11.3 Å². The number of nitrogens with zero attached hydrogens (tertiary/aromatic N) is 2. The molecule has 0 fully saturated rings. The number of halogens is 1. The number of carbonyl (C=O) groups excluding carboxylic acids is 1. The summed E-state index contributed by atoms with van der Waals surface area (Å²) in [7, 11) is 1.71. The molecule has 1 aromatic heterocycles. The van der Waals surface area contributed by atoms with Crippen LogP contribution in [0.5, 0.6) is 0 Å². The van der Waals surface area contributed by atoms with E-state index in [4.69, 9.17) is 0 Å². The first kappa shape index (κ1) is 16.6. The maximum absolute atomic E-state index is 13.0. The van der Waals surface area contributed by atoms with E-state index in [1.165, 1.54) is 23.5 Å². The quantitative estimate of drug-likeness (QED) is 0.920. The second-order valence-corrected chi connectivity index (χ2v) is 6.30. The van der Waals surface area contributed by atoms with Crippen LogP contribution in [0.1, 0.15) is 28.7 Å². The van der Waals surface area contributed by atoms with Gasteiger partial charge in [0, 0.05) is 19.2 Å². The molecule has 6 heteroatoms. The fourth-order valence-electron chi connectivity index (χ4n) is 1.97. The lowest BCUT2D eigenvalue weighted by atomic mass is 10.2. The first-order chi connectivity index (χ1) is 10.4. The van der Waals surface area contributed by atoms with Gasteiger partial charge in [-0.25, -0.2) is 9.37 Å². The molecule has 1 aromatic carbocycles. The van der Waals surface area contributed by atoms with Gasteiger partial charge in [0.2, 0.25) is 0 Å². The van der Waals surface area contributed by atoms with Gasteiger partial charge in [-0.2, -0.15) is 0 Å². The molecule has 2 rings (SSSR count). The summed E-state index contributed by atoms with van der Waals surface area (Å²) in [5.41, 5.74) is 1.46. The van der Waals surface area contributed by atoms with Crippen LogP contribution in [0.25, 0.3) is 10.6 Å². The van der Waals surface area contributed by atoms with Gasteiger partial charge in [-0.3, -0.25) is 4.79 Å². The van der Waals surface area contributed by atoms with Crippen LogP contribution in [0.15, 0.2) is 24.3 Å². The van der Waals surface area contributed by atoms with Gasteiger partial charge >= 0.3 is 0 Å². The van der Waals surface area contributed by atoms with Crippen molar-refractivity contribution >= 4 is 17.2 Å². The topological polar surface area (TPSA) is 53.4 Å². The molecule has 0 bridgehead atoms. The highest BCUT2D eigenvalue weighted by Gasteiger charge is 2.19. The van der Waals surface area contributed by atoms with Crippen LogP contribution in [0.3, 0.4) is 0 Å². The highest BCUT2D eigenvalue weighted by atomic mass is 32.1. The number of aliphatic hydroxyl groups excluding tert-OH is 1. The predicted octanol–water partition coefficient (Wildman–Crippen LogP) is 3.10. The van der Waals surface area contributed by atoms with Crippen molar-refractivity contribution in [2.24, 2.45) is 0 Å². The number of hydrogen-bond donors (Lipinski definition) is 1. The Morgan fingerprint density at radius 3 is 2.64 bits per heavy atom. The molecule has 0 radical (unpaired) electrons. The number of carbonyl (C=O) groups is 1. The summed E-state index contributed by atoms with van der Waals surface area (Å²) in [6.45, 7) is 3.97. The molecule has 118 valence electrons. The molecule has 0 saturated carbocycles. The number of rotatable bonds is 5. The first-order valence-electron chi connectivity index (χ1n) is 7.05. The molecule has 0 saturated heterocycles. The van der Waals surface area contributed by atoms with E-state index in [1.807, 2.05) is 0 Å². The highest BCUT2D eigenvalue weighted by molar-refractivity contribution is 7.17. The maximum Gasteiger partial charge on any atom is 0.265 e. The Kier molecular flexibility index (Phi) is 5.26.